The summed E-state index contributed by atoms with van der Waals surface area (Å²) in [6, 6.07) is -0.112. The molecular weight excluding hydrogens is 169 g/mol. The molecule has 1 unspecified atom stereocenters. The Morgan fingerprint density at radius 3 is 2.85 bits per heavy atom. The maximum Gasteiger partial charge on any atom is 0.377 e. The zero-order chi connectivity index (χ0) is 9.84. The Bertz CT molecular complexity index is 198. The molecule has 0 radical (unpaired) electrons. The molecule has 0 spiro atoms. The van der Waals surface area contributed by atoms with Crippen LogP contribution in [-0.4, -0.2) is 40.5 Å². The second-order valence-electron chi connectivity index (χ2n) is 3.41. The lowest BCUT2D eigenvalue weighted by Crippen LogP contribution is -2.53. The predicted molar refractivity (Wildman–Crippen MR) is 51.6 cm³/mol. The van der Waals surface area contributed by atoms with Gasteiger partial charge in [-0.2, -0.15) is 0 Å². The summed E-state index contributed by atoms with van der Waals surface area (Å²) >= 11 is 0. The van der Waals surface area contributed by atoms with Crippen LogP contribution in [0, 0.1) is 0 Å². The highest BCUT2D eigenvalue weighted by atomic mass is 16.4. The van der Waals surface area contributed by atoms with Gasteiger partial charge in [-0.05, 0) is 26.2 Å². The third kappa shape index (κ3) is 2.35. The molecule has 74 valence electrons. The Morgan fingerprint density at radius 1 is 1.62 bits per heavy atom. The predicted octanol–water partition coefficient (Wildman–Crippen LogP) is -0.302. The van der Waals surface area contributed by atoms with Crippen LogP contribution in [0.4, 0.5) is 0 Å². The number of oxime groups is 1. The van der Waals surface area contributed by atoms with E-state index in [1.807, 2.05) is 4.81 Å². The molecule has 13 heavy (non-hydrogen) atoms. The smallest absolute Gasteiger partial charge is 0.377 e. The third-order valence-corrected chi connectivity index (χ3v) is 2.48. The minimum absolute atomic E-state index is 0.112. The van der Waals surface area contributed by atoms with Gasteiger partial charge in [0.1, 0.15) is 0 Å². The molecule has 5 nitrogen and oxygen atoms in total. The average molecular weight is 185 g/mol. The summed E-state index contributed by atoms with van der Waals surface area (Å²) in [5.74, 6) is 0.195. The Morgan fingerprint density at radius 2 is 2.31 bits per heavy atom. The summed E-state index contributed by atoms with van der Waals surface area (Å²) in [6.07, 6.45) is 2.96. The van der Waals surface area contributed by atoms with Crippen molar-refractivity contribution in [1.29, 1.82) is 0 Å². The lowest BCUT2D eigenvalue weighted by Gasteiger charge is -2.35. The lowest BCUT2D eigenvalue weighted by atomic mass is 9.79. The first-order valence-electron chi connectivity index (χ1n) is 4.58. The van der Waals surface area contributed by atoms with E-state index in [1.165, 1.54) is 0 Å². The maximum atomic E-state index is 9.43. The number of piperidine rings is 1. The molecule has 0 aliphatic carbocycles. The van der Waals surface area contributed by atoms with E-state index in [1.54, 1.807) is 6.82 Å². The summed E-state index contributed by atoms with van der Waals surface area (Å²) in [6.45, 7) is 2.50. The summed E-state index contributed by atoms with van der Waals surface area (Å²) in [7, 11) is -0.536. The van der Waals surface area contributed by atoms with Gasteiger partial charge in [-0.15, -0.1) is 0 Å². The van der Waals surface area contributed by atoms with Crippen molar-refractivity contribution in [2.75, 3.05) is 6.54 Å². The SMILES string of the molecule is CB(O)N1CCCCC1/C(N)=N/O. The van der Waals surface area contributed by atoms with Gasteiger partial charge in [0.15, 0.2) is 5.84 Å². The average Bonchev–Trinajstić information content (AvgIpc) is 2.16. The van der Waals surface area contributed by atoms with E-state index < -0.39 is 7.05 Å². The fourth-order valence-electron chi connectivity index (χ4n) is 1.79. The van der Waals surface area contributed by atoms with Crippen LogP contribution in [0.2, 0.25) is 6.82 Å². The number of rotatable bonds is 2. The second-order valence-corrected chi connectivity index (χ2v) is 3.41. The summed E-state index contributed by atoms with van der Waals surface area (Å²) < 4.78 is 0. The quantitative estimate of drug-likeness (QED) is 0.181. The number of nitrogens with zero attached hydrogens (tertiary/aromatic N) is 2. The van der Waals surface area contributed by atoms with Gasteiger partial charge in [-0.3, -0.25) is 0 Å². The van der Waals surface area contributed by atoms with E-state index >= 15 is 0 Å². The minimum atomic E-state index is -0.536. The molecule has 6 heteroatoms. The van der Waals surface area contributed by atoms with Gasteiger partial charge in [-0.25, -0.2) is 0 Å². The van der Waals surface area contributed by atoms with Crippen LogP contribution >= 0.6 is 0 Å². The molecular formula is C7H16BN3O2. The molecule has 1 heterocycles. The van der Waals surface area contributed by atoms with E-state index in [9.17, 15) is 5.02 Å². The first kappa shape index (κ1) is 10.3. The maximum absolute atomic E-state index is 9.43. The first-order valence-corrected chi connectivity index (χ1v) is 4.58. The van der Waals surface area contributed by atoms with Crippen LogP contribution in [0.25, 0.3) is 0 Å². The van der Waals surface area contributed by atoms with Crippen LogP contribution in [0.3, 0.4) is 0 Å². The van der Waals surface area contributed by atoms with E-state index in [0.717, 1.165) is 25.8 Å². The first-order chi connectivity index (χ1) is 6.16. The molecule has 0 bridgehead atoms. The Kier molecular flexibility index (Phi) is 3.56. The molecule has 1 saturated heterocycles. The largest absolute Gasteiger partial charge is 0.437 e. The third-order valence-electron chi connectivity index (χ3n) is 2.48. The Balaban J connectivity index is 2.67. The lowest BCUT2D eigenvalue weighted by molar-refractivity contribution is 0.259. The fourth-order valence-corrected chi connectivity index (χ4v) is 1.79. The van der Waals surface area contributed by atoms with Crippen molar-refractivity contribution >= 4 is 12.9 Å². The molecule has 0 aromatic carbocycles. The molecule has 0 saturated carbocycles. The van der Waals surface area contributed by atoms with Gasteiger partial charge in [0.05, 0.1) is 6.04 Å². The summed E-state index contributed by atoms with van der Waals surface area (Å²) in [5.41, 5.74) is 5.52. The monoisotopic (exact) mass is 185 g/mol. The van der Waals surface area contributed by atoms with Crippen LogP contribution in [0.1, 0.15) is 19.3 Å². The zero-order valence-corrected chi connectivity index (χ0v) is 7.85. The van der Waals surface area contributed by atoms with Crippen LogP contribution < -0.4 is 5.73 Å². The number of amidine groups is 1. The summed E-state index contributed by atoms with van der Waals surface area (Å²) in [4.78, 5) is 1.85. The Labute approximate surface area is 78.3 Å². The molecule has 1 atom stereocenters. The van der Waals surface area contributed by atoms with E-state index in [-0.39, 0.29) is 11.9 Å². The van der Waals surface area contributed by atoms with Crippen molar-refractivity contribution in [3.05, 3.63) is 0 Å². The van der Waals surface area contributed by atoms with Gasteiger partial charge in [0.25, 0.3) is 0 Å². The normalized spacial score (nSPS) is 26.0. The van der Waals surface area contributed by atoms with Crippen molar-refractivity contribution in [3.8, 4) is 0 Å². The molecule has 1 aliphatic heterocycles. The molecule has 0 amide bonds. The van der Waals surface area contributed by atoms with E-state index in [4.69, 9.17) is 10.9 Å². The van der Waals surface area contributed by atoms with Crippen molar-refractivity contribution in [3.63, 3.8) is 0 Å². The van der Waals surface area contributed by atoms with Crippen molar-refractivity contribution in [2.45, 2.75) is 32.1 Å². The topological polar surface area (TPSA) is 82.1 Å². The summed E-state index contributed by atoms with van der Waals surface area (Å²) in [5, 5.41) is 21.0. The number of hydrogen-bond acceptors (Lipinski definition) is 4. The zero-order valence-electron chi connectivity index (χ0n) is 7.85. The molecule has 1 rings (SSSR count). The van der Waals surface area contributed by atoms with Gasteiger partial charge < -0.3 is 20.8 Å². The van der Waals surface area contributed by atoms with E-state index in [0.29, 0.717) is 0 Å². The van der Waals surface area contributed by atoms with Crippen molar-refractivity contribution < 1.29 is 10.2 Å². The minimum Gasteiger partial charge on any atom is -0.437 e. The van der Waals surface area contributed by atoms with E-state index in [2.05, 4.69) is 5.16 Å². The Hall–Kier alpha value is -0.745. The van der Waals surface area contributed by atoms with Crippen LogP contribution in [-0.2, 0) is 0 Å². The van der Waals surface area contributed by atoms with Gasteiger partial charge >= 0.3 is 7.05 Å². The van der Waals surface area contributed by atoms with Gasteiger partial charge in [0.2, 0.25) is 0 Å². The molecule has 0 aromatic rings. The highest BCUT2D eigenvalue weighted by Gasteiger charge is 2.30. The highest BCUT2D eigenvalue weighted by Crippen LogP contribution is 2.17. The van der Waals surface area contributed by atoms with Gasteiger partial charge in [-0.1, -0.05) is 11.6 Å². The molecule has 1 aliphatic rings. The second kappa shape index (κ2) is 4.48. The van der Waals surface area contributed by atoms with Crippen molar-refractivity contribution in [2.24, 2.45) is 10.9 Å². The van der Waals surface area contributed by atoms with Gasteiger partial charge in [0, 0.05) is 0 Å². The number of nitrogens with two attached hydrogens (primary N) is 1. The standard InChI is InChI=1S/C7H16BN3O2/c1-8(12)11-5-3-2-4-6(11)7(9)10-13/h6,12-13H,2-5H2,1H3,(H2,9,10). The van der Waals surface area contributed by atoms with Crippen LogP contribution in [0.15, 0.2) is 5.16 Å². The molecule has 0 aromatic heterocycles. The molecule has 4 N–H and O–H groups in total. The highest BCUT2D eigenvalue weighted by molar-refractivity contribution is 6.45. The van der Waals surface area contributed by atoms with Crippen LogP contribution in [0.5, 0.6) is 0 Å². The van der Waals surface area contributed by atoms with Crippen molar-refractivity contribution in [1.82, 2.24) is 4.81 Å². The molecule has 1 fully saturated rings. The fraction of sp³-hybridized carbons (Fsp3) is 0.857. The number of hydrogen-bond donors (Lipinski definition) is 3.